The van der Waals surface area contributed by atoms with Crippen molar-refractivity contribution in [1.29, 1.82) is 0 Å². The Morgan fingerprint density at radius 3 is 2.24 bits per heavy atom. The summed E-state index contributed by atoms with van der Waals surface area (Å²) in [7, 11) is 4.63. The molecule has 0 amide bonds. The van der Waals surface area contributed by atoms with Gasteiger partial charge in [0.15, 0.2) is 28.8 Å². The monoisotopic (exact) mass is 479 g/mol. The summed E-state index contributed by atoms with van der Waals surface area (Å²) in [6.07, 6.45) is 5.26. The first kappa shape index (κ1) is 23.0. The number of rotatable bonds is 7. The molecule has 4 aromatic rings. The number of fused-ring (bicyclic) bond motifs is 1. The van der Waals surface area contributed by atoms with Crippen LogP contribution in [0.3, 0.4) is 0 Å². The fourth-order valence-electron chi connectivity index (χ4n) is 3.21. The minimum absolute atomic E-state index is 0.277. The SMILES string of the molecule is COc1ccc(C=Cc2nc3sc(=Cc4ccc(OC(C)=O)c(OC)c4)c(=O)n3n2)cc1OC. The van der Waals surface area contributed by atoms with Crippen molar-refractivity contribution >= 4 is 40.5 Å². The Morgan fingerprint density at radius 2 is 1.56 bits per heavy atom. The fraction of sp³-hybridized carbons (Fsp3) is 0.167. The Morgan fingerprint density at radius 1 is 0.912 bits per heavy atom. The minimum Gasteiger partial charge on any atom is -0.493 e. The summed E-state index contributed by atoms with van der Waals surface area (Å²) in [6, 6.07) is 10.6. The quantitative estimate of drug-likeness (QED) is 0.295. The average Bonchev–Trinajstić information content (AvgIpc) is 3.36. The molecule has 0 saturated carbocycles. The molecule has 2 aromatic carbocycles. The molecular weight excluding hydrogens is 458 g/mol. The highest BCUT2D eigenvalue weighted by molar-refractivity contribution is 7.15. The fourth-order valence-corrected chi connectivity index (χ4v) is 4.13. The lowest BCUT2D eigenvalue weighted by atomic mass is 10.2. The van der Waals surface area contributed by atoms with E-state index in [4.69, 9.17) is 18.9 Å². The standard InChI is InChI=1S/C24H21N3O6S/c1-14(28)33-18-9-6-16(12-20(18)32-4)13-21-23(29)27-24(34-21)25-22(26-27)10-7-15-5-8-17(30-2)19(11-15)31-3/h5-13H,1-4H3. The largest absolute Gasteiger partial charge is 0.493 e. The van der Waals surface area contributed by atoms with E-state index in [0.29, 0.717) is 43.9 Å². The predicted octanol–water partition coefficient (Wildman–Crippen LogP) is 2.82. The molecule has 0 fully saturated rings. The lowest BCUT2D eigenvalue weighted by Crippen LogP contribution is -2.23. The number of thiazole rings is 1. The van der Waals surface area contributed by atoms with Gasteiger partial charge < -0.3 is 18.9 Å². The van der Waals surface area contributed by atoms with Crippen LogP contribution < -0.4 is 29.0 Å². The first-order valence-corrected chi connectivity index (χ1v) is 10.9. The number of benzene rings is 2. The van der Waals surface area contributed by atoms with E-state index in [0.717, 1.165) is 5.56 Å². The van der Waals surface area contributed by atoms with Crippen molar-refractivity contribution < 1.29 is 23.7 Å². The zero-order valence-electron chi connectivity index (χ0n) is 18.9. The van der Waals surface area contributed by atoms with Crippen molar-refractivity contribution in [3.05, 3.63) is 68.2 Å². The van der Waals surface area contributed by atoms with E-state index in [1.165, 1.54) is 29.9 Å². The third-order valence-corrected chi connectivity index (χ3v) is 5.73. The maximum atomic E-state index is 12.8. The maximum absolute atomic E-state index is 12.8. The van der Waals surface area contributed by atoms with E-state index in [-0.39, 0.29) is 5.56 Å². The van der Waals surface area contributed by atoms with Crippen LogP contribution in [-0.2, 0) is 4.79 Å². The van der Waals surface area contributed by atoms with Crippen LogP contribution in [0.2, 0.25) is 0 Å². The van der Waals surface area contributed by atoms with Gasteiger partial charge in [-0.2, -0.15) is 9.50 Å². The lowest BCUT2D eigenvalue weighted by molar-refractivity contribution is -0.132. The smallest absolute Gasteiger partial charge is 0.308 e. The molecule has 2 heterocycles. The van der Waals surface area contributed by atoms with E-state index in [9.17, 15) is 9.59 Å². The van der Waals surface area contributed by atoms with Gasteiger partial charge in [0, 0.05) is 6.92 Å². The molecule has 0 aliphatic heterocycles. The third-order valence-electron chi connectivity index (χ3n) is 4.77. The summed E-state index contributed by atoms with van der Waals surface area (Å²) in [4.78, 5) is 29.0. The number of esters is 1. The van der Waals surface area contributed by atoms with Crippen molar-refractivity contribution in [2.45, 2.75) is 6.92 Å². The highest BCUT2D eigenvalue weighted by Gasteiger charge is 2.11. The molecule has 4 rings (SSSR count). The van der Waals surface area contributed by atoms with E-state index in [1.807, 2.05) is 24.3 Å². The van der Waals surface area contributed by atoms with Gasteiger partial charge in [0.2, 0.25) is 4.96 Å². The molecule has 174 valence electrons. The molecule has 0 aliphatic carbocycles. The van der Waals surface area contributed by atoms with Gasteiger partial charge in [-0.05, 0) is 47.5 Å². The zero-order chi connectivity index (χ0) is 24.2. The summed E-state index contributed by atoms with van der Waals surface area (Å²) < 4.78 is 22.7. The Balaban J connectivity index is 1.61. The van der Waals surface area contributed by atoms with Gasteiger partial charge in [0.25, 0.3) is 5.56 Å². The number of ether oxygens (including phenoxy) is 4. The van der Waals surface area contributed by atoms with Crippen LogP contribution >= 0.6 is 11.3 Å². The molecule has 10 heteroatoms. The van der Waals surface area contributed by atoms with E-state index in [2.05, 4.69) is 10.1 Å². The van der Waals surface area contributed by atoms with Crippen LogP contribution in [0, 0.1) is 0 Å². The van der Waals surface area contributed by atoms with Crippen molar-refractivity contribution in [3.8, 4) is 23.0 Å². The molecule has 2 aromatic heterocycles. The van der Waals surface area contributed by atoms with Crippen LogP contribution in [0.25, 0.3) is 23.2 Å². The lowest BCUT2D eigenvalue weighted by Gasteiger charge is -2.08. The van der Waals surface area contributed by atoms with Gasteiger partial charge in [0.1, 0.15) is 0 Å². The van der Waals surface area contributed by atoms with Crippen molar-refractivity contribution in [1.82, 2.24) is 14.6 Å². The van der Waals surface area contributed by atoms with Gasteiger partial charge in [0.05, 0.1) is 25.9 Å². The van der Waals surface area contributed by atoms with Gasteiger partial charge in [-0.15, -0.1) is 5.10 Å². The predicted molar refractivity (Wildman–Crippen MR) is 129 cm³/mol. The molecule has 0 atom stereocenters. The van der Waals surface area contributed by atoms with Gasteiger partial charge in [-0.1, -0.05) is 29.5 Å². The Hall–Kier alpha value is -4.18. The van der Waals surface area contributed by atoms with Crippen LogP contribution in [0.15, 0.2) is 41.2 Å². The Bertz CT molecular complexity index is 1510. The topological polar surface area (TPSA) is 101 Å². The summed E-state index contributed by atoms with van der Waals surface area (Å²) in [6.45, 7) is 1.31. The molecule has 0 aliphatic rings. The average molecular weight is 480 g/mol. The van der Waals surface area contributed by atoms with Gasteiger partial charge >= 0.3 is 5.97 Å². The van der Waals surface area contributed by atoms with Crippen LogP contribution in [0.4, 0.5) is 0 Å². The normalized spacial score (nSPS) is 11.8. The van der Waals surface area contributed by atoms with Crippen molar-refractivity contribution in [3.63, 3.8) is 0 Å². The second-order valence-electron chi connectivity index (χ2n) is 7.03. The Labute approximate surface area is 198 Å². The van der Waals surface area contributed by atoms with Gasteiger partial charge in [-0.3, -0.25) is 9.59 Å². The van der Waals surface area contributed by atoms with Crippen LogP contribution in [0.5, 0.6) is 23.0 Å². The van der Waals surface area contributed by atoms with E-state index in [1.54, 1.807) is 44.6 Å². The van der Waals surface area contributed by atoms with Crippen LogP contribution in [-0.4, -0.2) is 41.9 Å². The number of carbonyl (C=O) groups excluding carboxylic acids is 1. The molecule has 0 radical (unpaired) electrons. The molecule has 0 saturated heterocycles. The summed E-state index contributed by atoms with van der Waals surface area (Å²) in [5.41, 5.74) is 1.31. The van der Waals surface area contributed by atoms with Crippen molar-refractivity contribution in [2.24, 2.45) is 0 Å². The van der Waals surface area contributed by atoms with Crippen LogP contribution in [0.1, 0.15) is 23.9 Å². The molecule has 0 spiro atoms. The summed E-state index contributed by atoms with van der Waals surface area (Å²) in [5, 5.41) is 4.30. The first-order chi connectivity index (χ1) is 16.4. The number of aromatic nitrogens is 3. The first-order valence-electron chi connectivity index (χ1n) is 10.1. The number of hydrogen-bond acceptors (Lipinski definition) is 9. The molecule has 0 unspecified atom stereocenters. The zero-order valence-corrected chi connectivity index (χ0v) is 19.7. The number of methoxy groups -OCH3 is 3. The minimum atomic E-state index is -0.446. The molecular formula is C24H21N3O6S. The molecule has 9 nitrogen and oxygen atoms in total. The number of carbonyl (C=O) groups is 1. The highest BCUT2D eigenvalue weighted by Crippen LogP contribution is 2.29. The van der Waals surface area contributed by atoms with Gasteiger partial charge in [-0.25, -0.2) is 0 Å². The molecule has 0 bridgehead atoms. The molecule has 34 heavy (non-hydrogen) atoms. The highest BCUT2D eigenvalue weighted by atomic mass is 32.1. The maximum Gasteiger partial charge on any atom is 0.308 e. The molecule has 0 N–H and O–H groups in total. The number of nitrogens with zero attached hydrogens (tertiary/aromatic N) is 3. The summed E-state index contributed by atoms with van der Waals surface area (Å²) in [5.74, 6) is 1.92. The summed E-state index contributed by atoms with van der Waals surface area (Å²) >= 11 is 1.23. The second-order valence-corrected chi connectivity index (χ2v) is 8.04. The second kappa shape index (κ2) is 9.75. The van der Waals surface area contributed by atoms with E-state index < -0.39 is 5.97 Å². The number of hydrogen-bond donors (Lipinski definition) is 0. The van der Waals surface area contributed by atoms with E-state index >= 15 is 0 Å². The third kappa shape index (κ3) is 4.76. The Kier molecular flexibility index (Phi) is 6.60. The van der Waals surface area contributed by atoms with Crippen molar-refractivity contribution in [2.75, 3.05) is 21.3 Å².